The van der Waals surface area contributed by atoms with E-state index in [4.69, 9.17) is 5.73 Å². The molecule has 0 spiro atoms. The minimum absolute atomic E-state index is 0.108. The van der Waals surface area contributed by atoms with Crippen LogP contribution >= 0.6 is 0 Å². The fraction of sp³-hybridized carbons (Fsp3) is 0.714. The molecule has 0 radical (unpaired) electrons. The third-order valence-electron chi connectivity index (χ3n) is 1.64. The first-order valence-corrected chi connectivity index (χ1v) is 3.99. The van der Waals surface area contributed by atoms with Crippen molar-refractivity contribution in [2.75, 3.05) is 0 Å². The molecule has 0 aliphatic carbocycles. The van der Waals surface area contributed by atoms with Crippen molar-refractivity contribution in [1.29, 1.82) is 0 Å². The monoisotopic (exact) mass is 191 g/mol. The molecular weight excluding hydrogens is 180 g/mol. The molecule has 0 bridgehead atoms. The Hall–Kier alpha value is -1.04. The number of hydrogen-bond acceptors (Lipinski definition) is 4. The summed E-state index contributed by atoms with van der Waals surface area (Å²) >= 11 is 0. The van der Waals surface area contributed by atoms with E-state index in [1.54, 1.807) is 0 Å². The van der Waals surface area contributed by atoms with Crippen LogP contribution in [0.4, 0.5) is 8.78 Å². The van der Waals surface area contributed by atoms with Crippen molar-refractivity contribution in [3.8, 4) is 0 Å². The molecule has 0 saturated heterocycles. The van der Waals surface area contributed by atoms with E-state index in [-0.39, 0.29) is 11.9 Å². The highest BCUT2D eigenvalue weighted by atomic mass is 19.3. The number of rotatable bonds is 4. The van der Waals surface area contributed by atoms with Gasteiger partial charge in [-0.1, -0.05) is 12.1 Å². The van der Waals surface area contributed by atoms with Crippen LogP contribution in [-0.4, -0.2) is 16.2 Å². The summed E-state index contributed by atoms with van der Waals surface area (Å²) in [6.45, 7) is 1.90. The van der Waals surface area contributed by atoms with Crippen LogP contribution in [0.25, 0.3) is 0 Å². The Morgan fingerprint density at radius 2 is 2.23 bits per heavy atom. The van der Waals surface area contributed by atoms with Gasteiger partial charge in [0.15, 0.2) is 5.82 Å². The average molecular weight is 191 g/mol. The first-order chi connectivity index (χ1) is 6.13. The van der Waals surface area contributed by atoms with Crippen molar-refractivity contribution >= 4 is 0 Å². The smallest absolute Gasteiger partial charge is 0.315 e. The molecule has 0 aromatic carbocycles. The van der Waals surface area contributed by atoms with Gasteiger partial charge in [-0.15, -0.1) is 0 Å². The SMILES string of the molecule is CCC(N)Cc1noc(C(F)F)n1. The van der Waals surface area contributed by atoms with Crippen LogP contribution in [0.2, 0.25) is 0 Å². The Labute approximate surface area is 74.1 Å². The van der Waals surface area contributed by atoms with Crippen LogP contribution in [0.5, 0.6) is 0 Å². The lowest BCUT2D eigenvalue weighted by Gasteiger charge is -2.02. The molecule has 74 valence electrons. The lowest BCUT2D eigenvalue weighted by molar-refractivity contribution is 0.106. The Morgan fingerprint density at radius 3 is 2.69 bits per heavy atom. The molecule has 0 aliphatic heterocycles. The molecule has 1 atom stereocenters. The summed E-state index contributed by atoms with van der Waals surface area (Å²) in [6, 6.07) is -0.108. The highest BCUT2D eigenvalue weighted by Gasteiger charge is 2.17. The van der Waals surface area contributed by atoms with Gasteiger partial charge >= 0.3 is 6.43 Å². The molecule has 1 unspecified atom stereocenters. The second-order valence-electron chi connectivity index (χ2n) is 2.72. The largest absolute Gasteiger partial charge is 0.333 e. The van der Waals surface area contributed by atoms with Crippen molar-refractivity contribution in [3.63, 3.8) is 0 Å². The van der Waals surface area contributed by atoms with Crippen molar-refractivity contribution in [3.05, 3.63) is 11.7 Å². The van der Waals surface area contributed by atoms with E-state index in [0.29, 0.717) is 6.42 Å². The lowest BCUT2D eigenvalue weighted by atomic mass is 10.2. The average Bonchev–Trinajstić information content (AvgIpc) is 2.52. The number of halogens is 2. The normalized spacial score (nSPS) is 13.6. The Kier molecular flexibility index (Phi) is 3.30. The highest BCUT2D eigenvalue weighted by Crippen LogP contribution is 2.15. The number of aromatic nitrogens is 2. The minimum atomic E-state index is -2.71. The van der Waals surface area contributed by atoms with Crippen LogP contribution in [-0.2, 0) is 6.42 Å². The molecule has 2 N–H and O–H groups in total. The van der Waals surface area contributed by atoms with Gasteiger partial charge in [0.05, 0.1) is 0 Å². The topological polar surface area (TPSA) is 64.9 Å². The molecule has 1 rings (SSSR count). The van der Waals surface area contributed by atoms with E-state index in [1.807, 2.05) is 6.92 Å². The zero-order chi connectivity index (χ0) is 9.84. The Balaban J connectivity index is 2.58. The van der Waals surface area contributed by atoms with Gasteiger partial charge in [-0.2, -0.15) is 13.8 Å². The predicted octanol–water partition coefficient (Wildman–Crippen LogP) is 1.29. The summed E-state index contributed by atoms with van der Waals surface area (Å²) in [7, 11) is 0. The highest BCUT2D eigenvalue weighted by molar-refractivity contribution is 4.89. The minimum Gasteiger partial charge on any atom is -0.333 e. The fourth-order valence-corrected chi connectivity index (χ4v) is 0.818. The molecule has 0 amide bonds. The predicted molar refractivity (Wildman–Crippen MR) is 41.2 cm³/mol. The van der Waals surface area contributed by atoms with Crippen molar-refractivity contribution < 1.29 is 13.3 Å². The second kappa shape index (κ2) is 4.27. The van der Waals surface area contributed by atoms with Crippen LogP contribution < -0.4 is 5.73 Å². The zero-order valence-corrected chi connectivity index (χ0v) is 7.20. The maximum atomic E-state index is 12.0. The summed E-state index contributed by atoms with van der Waals surface area (Å²) in [5, 5.41) is 3.38. The first-order valence-electron chi connectivity index (χ1n) is 3.99. The van der Waals surface area contributed by atoms with Gasteiger partial charge in [0, 0.05) is 12.5 Å². The van der Waals surface area contributed by atoms with Crippen molar-refractivity contribution in [1.82, 2.24) is 10.1 Å². The van der Waals surface area contributed by atoms with E-state index in [9.17, 15) is 8.78 Å². The first kappa shape index (κ1) is 10.0. The number of hydrogen-bond donors (Lipinski definition) is 1. The fourth-order valence-electron chi connectivity index (χ4n) is 0.818. The quantitative estimate of drug-likeness (QED) is 0.778. The number of nitrogens with zero attached hydrogens (tertiary/aromatic N) is 2. The van der Waals surface area contributed by atoms with Crippen LogP contribution in [0.15, 0.2) is 4.52 Å². The van der Waals surface area contributed by atoms with E-state index < -0.39 is 12.3 Å². The van der Waals surface area contributed by atoms with Gasteiger partial charge in [-0.3, -0.25) is 0 Å². The molecule has 0 aliphatic rings. The zero-order valence-electron chi connectivity index (χ0n) is 7.20. The third kappa shape index (κ3) is 2.73. The molecule has 4 nitrogen and oxygen atoms in total. The Bertz CT molecular complexity index is 264. The Morgan fingerprint density at radius 1 is 1.54 bits per heavy atom. The molecular formula is C7H11F2N3O. The molecule has 1 heterocycles. The van der Waals surface area contributed by atoms with Gasteiger partial charge in [0.1, 0.15) is 0 Å². The van der Waals surface area contributed by atoms with Gasteiger partial charge in [-0.25, -0.2) is 0 Å². The lowest BCUT2D eigenvalue weighted by Crippen LogP contribution is -2.22. The third-order valence-corrected chi connectivity index (χ3v) is 1.64. The standard InChI is InChI=1S/C7H11F2N3O/c1-2-4(10)3-5-11-7(6(8)9)13-12-5/h4,6H,2-3,10H2,1H3. The number of alkyl halides is 2. The van der Waals surface area contributed by atoms with Crippen LogP contribution in [0, 0.1) is 0 Å². The molecule has 6 heteroatoms. The van der Waals surface area contributed by atoms with Gasteiger partial charge in [0.25, 0.3) is 5.89 Å². The number of nitrogens with two attached hydrogens (primary N) is 1. The van der Waals surface area contributed by atoms with Gasteiger partial charge in [0.2, 0.25) is 0 Å². The van der Waals surface area contributed by atoms with Gasteiger partial charge in [-0.05, 0) is 6.42 Å². The van der Waals surface area contributed by atoms with E-state index in [2.05, 4.69) is 14.7 Å². The van der Waals surface area contributed by atoms with E-state index in [0.717, 1.165) is 6.42 Å². The van der Waals surface area contributed by atoms with Gasteiger partial charge < -0.3 is 10.3 Å². The van der Waals surface area contributed by atoms with Crippen LogP contribution in [0.3, 0.4) is 0 Å². The maximum absolute atomic E-state index is 12.0. The van der Waals surface area contributed by atoms with Crippen molar-refractivity contribution in [2.24, 2.45) is 5.73 Å². The summed E-state index contributed by atoms with van der Waals surface area (Å²) in [4.78, 5) is 3.49. The summed E-state index contributed by atoms with van der Waals surface area (Å²) in [6.07, 6.45) is -1.59. The molecule has 1 aromatic heterocycles. The van der Waals surface area contributed by atoms with E-state index in [1.165, 1.54) is 0 Å². The molecule has 1 aromatic rings. The molecule has 0 fully saturated rings. The van der Waals surface area contributed by atoms with Crippen LogP contribution in [0.1, 0.15) is 31.5 Å². The molecule has 0 saturated carbocycles. The summed E-state index contributed by atoms with van der Waals surface area (Å²) in [5.74, 6) is -0.400. The summed E-state index contributed by atoms with van der Waals surface area (Å²) in [5.41, 5.74) is 5.58. The maximum Gasteiger partial charge on any atom is 0.315 e. The van der Waals surface area contributed by atoms with Crippen molar-refractivity contribution in [2.45, 2.75) is 32.2 Å². The second-order valence-corrected chi connectivity index (χ2v) is 2.72. The summed E-state index contributed by atoms with van der Waals surface area (Å²) < 4.78 is 28.2. The van der Waals surface area contributed by atoms with E-state index >= 15 is 0 Å². The molecule has 13 heavy (non-hydrogen) atoms.